The molecule has 0 spiro atoms. The first-order valence-electron chi connectivity index (χ1n) is 6.73. The van der Waals surface area contributed by atoms with E-state index < -0.39 is 14.0 Å². The van der Waals surface area contributed by atoms with Crippen molar-refractivity contribution in [3.05, 3.63) is 12.7 Å². The molecule has 0 aliphatic carbocycles. The van der Waals surface area contributed by atoms with Gasteiger partial charge in [0, 0.05) is 0 Å². The number of unbranched alkanes of at least 4 members (excludes halogenated alkanes) is 5. The summed E-state index contributed by atoms with van der Waals surface area (Å²) in [6.07, 6.45) is 9.87. The van der Waals surface area contributed by atoms with Crippen molar-refractivity contribution in [3.63, 3.8) is 0 Å². The lowest BCUT2D eigenvalue weighted by atomic mass is 10.1. The van der Waals surface area contributed by atoms with Crippen molar-refractivity contribution in [3.8, 4) is 0 Å². The van der Waals surface area contributed by atoms with Crippen molar-refractivity contribution in [2.24, 2.45) is 0 Å². The SMILES string of the molecule is C=CCCCCCCCC(C(=O)O)[Si](C)(C)C. The van der Waals surface area contributed by atoms with Crippen LogP contribution in [-0.4, -0.2) is 19.1 Å². The second-order valence-electron chi connectivity index (χ2n) is 5.89. The Balaban J connectivity index is 3.70. The Hall–Kier alpha value is -0.573. The lowest BCUT2D eigenvalue weighted by Crippen LogP contribution is -2.33. The van der Waals surface area contributed by atoms with E-state index in [2.05, 4.69) is 26.2 Å². The summed E-state index contributed by atoms with van der Waals surface area (Å²) in [4.78, 5) is 11.2. The van der Waals surface area contributed by atoms with Gasteiger partial charge in [0.25, 0.3) is 0 Å². The van der Waals surface area contributed by atoms with Crippen molar-refractivity contribution < 1.29 is 9.90 Å². The van der Waals surface area contributed by atoms with E-state index >= 15 is 0 Å². The first-order chi connectivity index (χ1) is 7.89. The molecule has 0 saturated heterocycles. The summed E-state index contributed by atoms with van der Waals surface area (Å²) in [6, 6.07) is 0. The fraction of sp³-hybridized carbons (Fsp3) is 0.786. The number of carboxylic acid groups (broad SMARTS) is 1. The average Bonchev–Trinajstić information content (AvgIpc) is 2.19. The van der Waals surface area contributed by atoms with Crippen LogP contribution >= 0.6 is 0 Å². The molecule has 1 N–H and O–H groups in total. The van der Waals surface area contributed by atoms with Crippen molar-refractivity contribution in [2.45, 2.75) is 70.1 Å². The van der Waals surface area contributed by atoms with Gasteiger partial charge in [-0.3, -0.25) is 4.79 Å². The Morgan fingerprint density at radius 3 is 2.18 bits per heavy atom. The van der Waals surface area contributed by atoms with Gasteiger partial charge in [0.15, 0.2) is 0 Å². The molecule has 0 fully saturated rings. The lowest BCUT2D eigenvalue weighted by Gasteiger charge is -2.24. The standard InChI is InChI=1S/C14H28O2Si/c1-5-6-7-8-9-10-11-12-13(14(15)16)17(2,3)4/h5,13H,1,6-12H2,2-4H3,(H,15,16). The minimum atomic E-state index is -1.54. The molecule has 0 radical (unpaired) electrons. The van der Waals surface area contributed by atoms with E-state index in [1.54, 1.807) is 0 Å². The van der Waals surface area contributed by atoms with Gasteiger partial charge in [0.05, 0.1) is 13.6 Å². The quantitative estimate of drug-likeness (QED) is 0.349. The summed E-state index contributed by atoms with van der Waals surface area (Å²) in [5.41, 5.74) is -0.0734. The molecule has 0 rings (SSSR count). The van der Waals surface area contributed by atoms with E-state index in [9.17, 15) is 9.90 Å². The Morgan fingerprint density at radius 2 is 1.71 bits per heavy atom. The topological polar surface area (TPSA) is 37.3 Å². The molecule has 0 bridgehead atoms. The average molecular weight is 256 g/mol. The zero-order valence-electron chi connectivity index (χ0n) is 11.7. The van der Waals surface area contributed by atoms with Crippen LogP contribution in [0, 0.1) is 0 Å². The molecule has 1 unspecified atom stereocenters. The number of allylic oxidation sites excluding steroid dienone is 1. The number of aliphatic carboxylic acids is 1. The zero-order valence-corrected chi connectivity index (χ0v) is 12.7. The largest absolute Gasteiger partial charge is 0.481 e. The van der Waals surface area contributed by atoms with E-state index in [0.29, 0.717) is 0 Å². The summed E-state index contributed by atoms with van der Waals surface area (Å²) >= 11 is 0. The third kappa shape index (κ3) is 8.19. The molecule has 17 heavy (non-hydrogen) atoms. The molecular weight excluding hydrogens is 228 g/mol. The molecule has 0 aliphatic heterocycles. The number of hydrogen-bond acceptors (Lipinski definition) is 1. The highest BCUT2D eigenvalue weighted by molar-refractivity contribution is 6.80. The van der Waals surface area contributed by atoms with Crippen molar-refractivity contribution in [1.29, 1.82) is 0 Å². The molecular formula is C14H28O2Si. The third-order valence-corrected chi connectivity index (χ3v) is 5.87. The van der Waals surface area contributed by atoms with Gasteiger partial charge in [-0.2, -0.15) is 0 Å². The zero-order chi connectivity index (χ0) is 13.3. The molecule has 1 atom stereocenters. The van der Waals surface area contributed by atoms with Crippen LogP contribution in [0.2, 0.25) is 25.2 Å². The fourth-order valence-corrected chi connectivity index (χ4v) is 3.91. The summed E-state index contributed by atoms with van der Waals surface area (Å²) in [5.74, 6) is -0.587. The van der Waals surface area contributed by atoms with Crippen LogP contribution in [0.1, 0.15) is 44.9 Å². The third-order valence-electron chi connectivity index (χ3n) is 3.24. The predicted molar refractivity (Wildman–Crippen MR) is 77.2 cm³/mol. The van der Waals surface area contributed by atoms with Gasteiger partial charge >= 0.3 is 5.97 Å². The molecule has 0 aliphatic rings. The molecule has 100 valence electrons. The number of hydrogen-bond donors (Lipinski definition) is 1. The van der Waals surface area contributed by atoms with E-state index in [4.69, 9.17) is 0 Å². The summed E-state index contributed by atoms with van der Waals surface area (Å²) in [7, 11) is -1.54. The minimum Gasteiger partial charge on any atom is -0.481 e. The minimum absolute atomic E-state index is 0.0734. The second-order valence-corrected chi connectivity index (χ2v) is 11.3. The number of rotatable bonds is 10. The van der Waals surface area contributed by atoms with Gasteiger partial charge < -0.3 is 5.11 Å². The normalized spacial score (nSPS) is 13.4. The number of carbonyl (C=O) groups is 1. The molecule has 0 aromatic heterocycles. The van der Waals surface area contributed by atoms with Crippen molar-refractivity contribution >= 4 is 14.0 Å². The molecule has 0 aromatic rings. The first-order valence-corrected chi connectivity index (χ1v) is 10.3. The molecule has 0 amide bonds. The smallest absolute Gasteiger partial charge is 0.303 e. The maximum absolute atomic E-state index is 11.2. The van der Waals surface area contributed by atoms with Crippen LogP contribution in [0.4, 0.5) is 0 Å². The van der Waals surface area contributed by atoms with Crippen LogP contribution < -0.4 is 0 Å². The van der Waals surface area contributed by atoms with E-state index in [1.165, 1.54) is 25.7 Å². The van der Waals surface area contributed by atoms with Gasteiger partial charge in [-0.25, -0.2) is 0 Å². The Kier molecular flexibility index (Phi) is 8.22. The second kappa shape index (κ2) is 8.51. The van der Waals surface area contributed by atoms with Gasteiger partial charge in [0.2, 0.25) is 0 Å². The molecule has 0 heterocycles. The van der Waals surface area contributed by atoms with E-state index in [0.717, 1.165) is 19.3 Å². The molecule has 0 saturated carbocycles. The highest BCUT2D eigenvalue weighted by Gasteiger charge is 2.31. The summed E-state index contributed by atoms with van der Waals surface area (Å²) in [6.45, 7) is 10.1. The molecule has 2 nitrogen and oxygen atoms in total. The van der Waals surface area contributed by atoms with E-state index in [-0.39, 0.29) is 5.54 Å². The van der Waals surface area contributed by atoms with Gasteiger partial charge in [0.1, 0.15) is 0 Å². The Labute approximate surface area is 107 Å². The van der Waals surface area contributed by atoms with Crippen molar-refractivity contribution in [2.75, 3.05) is 0 Å². The molecule has 0 aromatic carbocycles. The van der Waals surface area contributed by atoms with E-state index in [1.807, 2.05) is 6.08 Å². The Morgan fingerprint density at radius 1 is 1.18 bits per heavy atom. The van der Waals surface area contributed by atoms with Crippen LogP contribution in [0.25, 0.3) is 0 Å². The van der Waals surface area contributed by atoms with Gasteiger partial charge in [-0.05, 0) is 19.3 Å². The first kappa shape index (κ1) is 16.4. The van der Waals surface area contributed by atoms with Crippen LogP contribution in [0.15, 0.2) is 12.7 Å². The van der Waals surface area contributed by atoms with Gasteiger partial charge in [-0.15, -0.1) is 6.58 Å². The summed E-state index contributed by atoms with van der Waals surface area (Å²) < 4.78 is 0. The maximum Gasteiger partial charge on any atom is 0.303 e. The van der Waals surface area contributed by atoms with Crippen LogP contribution in [0.3, 0.4) is 0 Å². The maximum atomic E-state index is 11.2. The van der Waals surface area contributed by atoms with Crippen LogP contribution in [-0.2, 0) is 4.79 Å². The predicted octanol–water partition coefficient (Wildman–Crippen LogP) is 4.70. The highest BCUT2D eigenvalue weighted by atomic mass is 28.3. The summed E-state index contributed by atoms with van der Waals surface area (Å²) in [5, 5.41) is 9.21. The lowest BCUT2D eigenvalue weighted by molar-refractivity contribution is -0.137. The fourth-order valence-electron chi connectivity index (χ4n) is 2.09. The van der Waals surface area contributed by atoms with Crippen molar-refractivity contribution in [1.82, 2.24) is 0 Å². The molecule has 3 heteroatoms. The Bertz CT molecular complexity index is 231. The highest BCUT2D eigenvalue weighted by Crippen LogP contribution is 2.28. The number of carboxylic acids is 1. The van der Waals surface area contributed by atoms with Crippen LogP contribution in [0.5, 0.6) is 0 Å². The van der Waals surface area contributed by atoms with Gasteiger partial charge in [-0.1, -0.05) is 51.4 Å². The monoisotopic (exact) mass is 256 g/mol.